The van der Waals surface area contributed by atoms with E-state index in [9.17, 15) is 31.1 Å². The van der Waals surface area contributed by atoms with Gasteiger partial charge in [-0.25, -0.2) is 4.98 Å². The number of piperazine rings is 1. The molecule has 1 fully saturated rings. The van der Waals surface area contributed by atoms with E-state index in [1.165, 1.54) is 18.2 Å². The van der Waals surface area contributed by atoms with Crippen LogP contribution in [0.2, 0.25) is 0 Å². The molecule has 40 heavy (non-hydrogen) atoms. The van der Waals surface area contributed by atoms with Gasteiger partial charge in [-0.05, 0) is 48.0 Å². The van der Waals surface area contributed by atoms with Crippen molar-refractivity contribution in [1.82, 2.24) is 10.3 Å². The fraction of sp³-hybridized carbons (Fsp3) is 0.241. The van der Waals surface area contributed by atoms with Crippen LogP contribution in [-0.4, -0.2) is 37.1 Å². The average molecular weight is 559 g/mol. The van der Waals surface area contributed by atoms with Crippen molar-refractivity contribution < 1.29 is 31.1 Å². The van der Waals surface area contributed by atoms with E-state index in [1.807, 2.05) is 9.80 Å². The molecular weight excluding hydrogens is 534 g/mol. The minimum Gasteiger partial charge on any atom is -0.368 e. The van der Waals surface area contributed by atoms with Gasteiger partial charge in [0.25, 0.3) is 5.91 Å². The van der Waals surface area contributed by atoms with Gasteiger partial charge in [-0.3, -0.25) is 4.79 Å². The molecule has 11 heteroatoms. The van der Waals surface area contributed by atoms with E-state index in [2.05, 4.69) is 5.32 Å². The number of pyridine rings is 1. The number of fused-ring (bicyclic) bond motifs is 1. The summed E-state index contributed by atoms with van der Waals surface area (Å²) in [6.45, 7) is 1.93. The summed E-state index contributed by atoms with van der Waals surface area (Å²) in [6.07, 6.45) is -8.86. The van der Waals surface area contributed by atoms with Gasteiger partial charge in [0.2, 0.25) is 0 Å². The van der Waals surface area contributed by atoms with E-state index in [0.717, 1.165) is 24.3 Å². The van der Waals surface area contributed by atoms with Crippen LogP contribution in [0.5, 0.6) is 0 Å². The number of halogens is 6. The van der Waals surface area contributed by atoms with Crippen LogP contribution < -0.4 is 15.1 Å². The molecule has 3 aromatic carbocycles. The molecule has 1 saturated heterocycles. The van der Waals surface area contributed by atoms with Crippen molar-refractivity contribution in [2.45, 2.75) is 18.9 Å². The molecule has 5 rings (SSSR count). The largest absolute Gasteiger partial charge is 0.416 e. The third-order valence-corrected chi connectivity index (χ3v) is 6.82. The summed E-state index contributed by atoms with van der Waals surface area (Å²) < 4.78 is 78.0. The Labute approximate surface area is 226 Å². The molecule has 0 bridgehead atoms. The fourth-order valence-corrected chi connectivity index (χ4v) is 4.67. The van der Waals surface area contributed by atoms with Gasteiger partial charge in [0.15, 0.2) is 0 Å². The predicted molar refractivity (Wildman–Crippen MR) is 140 cm³/mol. The SMILES string of the molecule is O=C(NCc1ccc(C(F)(F)F)cc1)c1cc(N2CCN(c3cccc(C(F)(F)F)c3)CC2)nc2ccccc12. The van der Waals surface area contributed by atoms with E-state index in [0.29, 0.717) is 59.7 Å². The van der Waals surface area contributed by atoms with Crippen LogP contribution in [-0.2, 0) is 18.9 Å². The van der Waals surface area contributed by atoms with Crippen molar-refractivity contribution in [3.8, 4) is 0 Å². The lowest BCUT2D eigenvalue weighted by molar-refractivity contribution is -0.138. The fourth-order valence-electron chi connectivity index (χ4n) is 4.67. The number of nitrogens with one attached hydrogen (secondary N) is 1. The summed E-state index contributed by atoms with van der Waals surface area (Å²) in [5, 5.41) is 3.40. The lowest BCUT2D eigenvalue weighted by Gasteiger charge is -2.37. The second-order valence-electron chi connectivity index (χ2n) is 9.44. The quantitative estimate of drug-likeness (QED) is 0.283. The van der Waals surface area contributed by atoms with E-state index in [-0.39, 0.29) is 6.54 Å². The lowest BCUT2D eigenvalue weighted by atomic mass is 10.1. The topological polar surface area (TPSA) is 48.5 Å². The summed E-state index contributed by atoms with van der Waals surface area (Å²) in [5.41, 5.74) is 0.513. The highest BCUT2D eigenvalue weighted by Gasteiger charge is 2.31. The van der Waals surface area contributed by atoms with Crippen molar-refractivity contribution in [3.05, 3.63) is 101 Å². The van der Waals surface area contributed by atoms with Gasteiger partial charge < -0.3 is 15.1 Å². The van der Waals surface area contributed by atoms with Crippen molar-refractivity contribution in [2.75, 3.05) is 36.0 Å². The molecule has 0 atom stereocenters. The van der Waals surface area contributed by atoms with Crippen LogP contribution in [0.15, 0.2) is 78.9 Å². The normalized spacial score (nSPS) is 14.4. The Hall–Kier alpha value is -4.28. The third-order valence-electron chi connectivity index (χ3n) is 6.82. The minimum atomic E-state index is -4.44. The Balaban J connectivity index is 1.31. The van der Waals surface area contributed by atoms with Gasteiger partial charge in [-0.15, -0.1) is 0 Å². The van der Waals surface area contributed by atoms with Crippen LogP contribution in [0.3, 0.4) is 0 Å². The maximum Gasteiger partial charge on any atom is 0.416 e. The van der Waals surface area contributed by atoms with Crippen molar-refractivity contribution in [3.63, 3.8) is 0 Å². The van der Waals surface area contributed by atoms with Gasteiger partial charge in [0.05, 0.1) is 22.2 Å². The highest BCUT2D eigenvalue weighted by atomic mass is 19.4. The summed E-state index contributed by atoms with van der Waals surface area (Å²) in [4.78, 5) is 21.8. The number of alkyl halides is 6. The Bertz CT molecular complexity index is 1510. The van der Waals surface area contributed by atoms with E-state index >= 15 is 0 Å². The second-order valence-corrected chi connectivity index (χ2v) is 9.44. The summed E-state index contributed by atoms with van der Waals surface area (Å²) in [5.74, 6) is 0.157. The number of anilines is 2. The van der Waals surface area contributed by atoms with Crippen molar-refractivity contribution >= 4 is 28.3 Å². The zero-order valence-electron chi connectivity index (χ0n) is 21.1. The van der Waals surface area contributed by atoms with Crippen molar-refractivity contribution in [2.24, 2.45) is 0 Å². The zero-order valence-corrected chi connectivity index (χ0v) is 21.1. The average Bonchev–Trinajstić information content (AvgIpc) is 2.95. The Morgan fingerprint density at radius 3 is 2.08 bits per heavy atom. The van der Waals surface area contributed by atoms with Gasteiger partial charge in [0, 0.05) is 43.8 Å². The number of rotatable bonds is 5. The molecule has 0 radical (unpaired) electrons. The molecule has 1 aromatic heterocycles. The Morgan fingerprint density at radius 1 is 0.750 bits per heavy atom. The number of amides is 1. The van der Waals surface area contributed by atoms with Gasteiger partial charge in [0.1, 0.15) is 5.82 Å². The van der Waals surface area contributed by atoms with E-state index in [4.69, 9.17) is 4.98 Å². The first-order valence-electron chi connectivity index (χ1n) is 12.5. The smallest absolute Gasteiger partial charge is 0.368 e. The molecule has 1 amide bonds. The molecule has 1 aliphatic heterocycles. The summed E-state index contributed by atoms with van der Waals surface area (Å²) >= 11 is 0. The molecule has 208 valence electrons. The van der Waals surface area contributed by atoms with Crippen LogP contribution >= 0.6 is 0 Å². The number of hydrogen-bond acceptors (Lipinski definition) is 4. The van der Waals surface area contributed by atoms with Gasteiger partial charge in [-0.2, -0.15) is 26.3 Å². The first-order valence-corrected chi connectivity index (χ1v) is 12.5. The highest BCUT2D eigenvalue weighted by molar-refractivity contribution is 6.07. The first kappa shape index (κ1) is 27.3. The monoisotopic (exact) mass is 558 g/mol. The number of carbonyl (C=O) groups excluding carboxylic acids is 1. The van der Waals surface area contributed by atoms with Crippen molar-refractivity contribution in [1.29, 1.82) is 0 Å². The third kappa shape index (κ3) is 5.98. The van der Waals surface area contributed by atoms with E-state index < -0.39 is 29.4 Å². The first-order chi connectivity index (χ1) is 19.0. The maximum atomic E-state index is 13.2. The van der Waals surface area contributed by atoms with Crippen LogP contribution in [0, 0.1) is 0 Å². The highest BCUT2D eigenvalue weighted by Crippen LogP contribution is 2.33. The molecule has 1 aliphatic rings. The molecule has 0 aliphatic carbocycles. The van der Waals surface area contributed by atoms with Gasteiger partial charge >= 0.3 is 12.4 Å². The van der Waals surface area contributed by atoms with E-state index in [1.54, 1.807) is 36.4 Å². The standard InChI is InChI=1S/C29H24F6N4O/c30-28(31,32)20-10-8-19(9-11-20)18-36-27(40)24-17-26(37-25-7-2-1-6-23(24)25)39-14-12-38(13-15-39)22-5-3-4-21(16-22)29(33,34)35/h1-11,16-17H,12-15,18H2,(H,36,40). The van der Waals surface area contributed by atoms with Crippen LogP contribution in [0.1, 0.15) is 27.0 Å². The maximum absolute atomic E-state index is 13.2. The number of nitrogens with zero attached hydrogens (tertiary/aromatic N) is 3. The molecule has 0 unspecified atom stereocenters. The molecule has 0 spiro atoms. The Kier molecular flexibility index (Phi) is 7.31. The zero-order chi connectivity index (χ0) is 28.5. The number of carbonyl (C=O) groups is 1. The minimum absolute atomic E-state index is 0.0403. The molecule has 4 aromatic rings. The second kappa shape index (κ2) is 10.7. The molecule has 1 N–H and O–H groups in total. The van der Waals surface area contributed by atoms with Crippen LogP contribution in [0.4, 0.5) is 37.8 Å². The number of hydrogen-bond donors (Lipinski definition) is 1. The molecule has 2 heterocycles. The number of aromatic nitrogens is 1. The molecule has 0 saturated carbocycles. The molecular formula is C29H24F6N4O. The lowest BCUT2D eigenvalue weighted by Crippen LogP contribution is -2.47. The predicted octanol–water partition coefficient (Wildman–Crippen LogP) is 6.53. The van der Waals surface area contributed by atoms with Gasteiger partial charge in [-0.1, -0.05) is 36.4 Å². The Morgan fingerprint density at radius 2 is 1.40 bits per heavy atom. The number of para-hydroxylation sites is 1. The summed E-state index contributed by atoms with van der Waals surface area (Å²) in [7, 11) is 0. The number of benzene rings is 3. The van der Waals surface area contributed by atoms with Crippen LogP contribution in [0.25, 0.3) is 10.9 Å². The molecule has 5 nitrogen and oxygen atoms in total. The summed E-state index contributed by atoms with van der Waals surface area (Å²) in [6, 6.07) is 18.6.